The number of rotatable bonds is 1. The van der Waals surface area contributed by atoms with Crippen molar-refractivity contribution < 1.29 is 0 Å². The molecule has 0 amide bonds. The molecule has 0 bridgehead atoms. The van der Waals surface area contributed by atoms with Crippen LogP contribution >= 0.6 is 0 Å². The number of hydrogen-bond donors (Lipinski definition) is 0. The first-order chi connectivity index (χ1) is 8.66. The molecule has 0 saturated heterocycles. The Morgan fingerprint density at radius 2 is 1.78 bits per heavy atom. The Morgan fingerprint density at radius 3 is 2.56 bits per heavy atom. The molecule has 18 heavy (non-hydrogen) atoms. The summed E-state index contributed by atoms with van der Waals surface area (Å²) in [6, 6.07) is 15.9. The van der Waals surface area contributed by atoms with Gasteiger partial charge in [-0.05, 0) is 46.1 Å². The van der Waals surface area contributed by atoms with Crippen LogP contribution in [-0.4, -0.2) is 0 Å². The first-order valence-corrected chi connectivity index (χ1v) is 6.89. The highest BCUT2D eigenvalue weighted by Gasteiger charge is 2.21. The van der Waals surface area contributed by atoms with Gasteiger partial charge in [-0.15, -0.1) is 0 Å². The van der Waals surface area contributed by atoms with Gasteiger partial charge in [0.2, 0.25) is 0 Å². The predicted octanol–water partition coefficient (Wildman–Crippen LogP) is 5.14. The molecule has 2 aromatic carbocycles. The van der Waals surface area contributed by atoms with E-state index in [1.165, 1.54) is 34.2 Å². The van der Waals surface area contributed by atoms with E-state index in [2.05, 4.69) is 63.2 Å². The van der Waals surface area contributed by atoms with Crippen molar-refractivity contribution in [2.45, 2.75) is 39.0 Å². The fraction of sp³-hybridized carbons (Fsp3) is 0.333. The lowest BCUT2D eigenvalue weighted by Gasteiger charge is -2.26. The third kappa shape index (κ3) is 1.77. The van der Waals surface area contributed by atoms with E-state index < -0.39 is 0 Å². The van der Waals surface area contributed by atoms with Crippen LogP contribution in [0.4, 0.5) is 0 Å². The fourth-order valence-corrected chi connectivity index (χ4v) is 3.00. The monoisotopic (exact) mass is 236 g/mol. The number of hydrogen-bond acceptors (Lipinski definition) is 0. The van der Waals surface area contributed by atoms with Gasteiger partial charge in [-0.3, -0.25) is 0 Å². The van der Waals surface area contributed by atoms with Crippen LogP contribution in [0.1, 0.15) is 49.3 Å². The second-order valence-corrected chi connectivity index (χ2v) is 5.76. The molecular weight excluding hydrogens is 216 g/mol. The van der Waals surface area contributed by atoms with Gasteiger partial charge in [-0.25, -0.2) is 0 Å². The Morgan fingerprint density at radius 1 is 1.00 bits per heavy atom. The molecule has 0 N–H and O–H groups in total. The molecule has 0 radical (unpaired) electrons. The smallest absolute Gasteiger partial charge is 0.0143 e. The first-order valence-electron chi connectivity index (χ1n) is 6.89. The molecule has 0 saturated carbocycles. The van der Waals surface area contributed by atoms with Gasteiger partial charge in [-0.1, -0.05) is 63.2 Å². The molecule has 1 unspecified atom stereocenters. The summed E-state index contributed by atoms with van der Waals surface area (Å²) in [7, 11) is 0. The first kappa shape index (κ1) is 11.5. The highest BCUT2D eigenvalue weighted by molar-refractivity contribution is 5.74. The zero-order valence-electron chi connectivity index (χ0n) is 11.4. The zero-order chi connectivity index (χ0) is 12.7. The van der Waals surface area contributed by atoms with Gasteiger partial charge < -0.3 is 0 Å². The molecule has 3 rings (SSSR count). The van der Waals surface area contributed by atoms with Crippen LogP contribution in [-0.2, 0) is 6.42 Å². The van der Waals surface area contributed by atoms with E-state index in [9.17, 15) is 0 Å². The maximum atomic E-state index is 2.40. The average molecular weight is 236 g/mol. The van der Waals surface area contributed by atoms with Gasteiger partial charge in [0.1, 0.15) is 0 Å². The Balaban J connectivity index is 2.23. The van der Waals surface area contributed by atoms with E-state index in [1.807, 2.05) is 0 Å². The molecule has 92 valence electrons. The molecule has 0 heteroatoms. The van der Waals surface area contributed by atoms with E-state index >= 15 is 0 Å². The van der Waals surface area contributed by atoms with Crippen LogP contribution in [0.5, 0.6) is 0 Å². The lowest BCUT2D eigenvalue weighted by molar-refractivity contribution is 0.746. The molecule has 0 heterocycles. The van der Waals surface area contributed by atoms with E-state index in [-0.39, 0.29) is 0 Å². The zero-order valence-corrected chi connectivity index (χ0v) is 11.4. The highest BCUT2D eigenvalue weighted by atomic mass is 14.3. The molecule has 0 aromatic heterocycles. The second-order valence-electron chi connectivity index (χ2n) is 5.76. The second kappa shape index (κ2) is 4.28. The van der Waals surface area contributed by atoms with Gasteiger partial charge in [-0.2, -0.15) is 0 Å². The molecule has 0 spiro atoms. The van der Waals surface area contributed by atoms with Gasteiger partial charge >= 0.3 is 0 Å². The minimum absolute atomic E-state index is 0.597. The Labute approximate surface area is 110 Å². The topological polar surface area (TPSA) is 0 Å². The van der Waals surface area contributed by atoms with Gasteiger partial charge in [0.15, 0.2) is 0 Å². The normalized spacial score (nSPS) is 17.4. The molecule has 1 aliphatic carbocycles. The molecule has 0 aliphatic heterocycles. The highest BCUT2D eigenvalue weighted by Crippen LogP contribution is 2.40. The van der Waals surface area contributed by atoms with Crippen LogP contribution in [0.2, 0.25) is 0 Å². The molecule has 1 aliphatic rings. The van der Waals surface area contributed by atoms with Crippen LogP contribution in [0.15, 0.2) is 42.5 Å². The van der Waals surface area contributed by atoms with Gasteiger partial charge in [0.05, 0.1) is 0 Å². The summed E-state index contributed by atoms with van der Waals surface area (Å²) in [5.41, 5.74) is 7.35. The maximum Gasteiger partial charge on any atom is -0.0143 e. The minimum Gasteiger partial charge on any atom is -0.0620 e. The van der Waals surface area contributed by atoms with Crippen LogP contribution < -0.4 is 0 Å². The summed E-state index contributed by atoms with van der Waals surface area (Å²) in [5, 5.41) is 0. The van der Waals surface area contributed by atoms with E-state index in [1.54, 1.807) is 0 Å². The lowest BCUT2D eigenvalue weighted by atomic mass is 9.78. The molecule has 2 aromatic rings. The van der Waals surface area contributed by atoms with Crippen molar-refractivity contribution in [3.63, 3.8) is 0 Å². The largest absolute Gasteiger partial charge is 0.0620 e. The summed E-state index contributed by atoms with van der Waals surface area (Å²) in [6.45, 7) is 6.86. The number of fused-ring (bicyclic) bond motifs is 3. The third-order valence-corrected chi connectivity index (χ3v) is 4.11. The fourth-order valence-electron chi connectivity index (χ4n) is 3.00. The Hall–Kier alpha value is -1.56. The lowest BCUT2D eigenvalue weighted by Crippen LogP contribution is -2.09. The van der Waals surface area contributed by atoms with E-state index in [0.717, 1.165) is 0 Å². The van der Waals surface area contributed by atoms with Crippen molar-refractivity contribution >= 4 is 0 Å². The summed E-state index contributed by atoms with van der Waals surface area (Å²) < 4.78 is 0. The van der Waals surface area contributed by atoms with Crippen molar-refractivity contribution in [2.75, 3.05) is 0 Å². The Bertz CT molecular complexity index is 578. The summed E-state index contributed by atoms with van der Waals surface area (Å²) in [5.74, 6) is 1.23. The summed E-state index contributed by atoms with van der Waals surface area (Å²) in [6.07, 6.45) is 1.17. The van der Waals surface area contributed by atoms with Crippen LogP contribution in [0, 0.1) is 0 Å². The van der Waals surface area contributed by atoms with Crippen molar-refractivity contribution in [3.8, 4) is 11.1 Å². The van der Waals surface area contributed by atoms with Gasteiger partial charge in [0, 0.05) is 0 Å². The van der Waals surface area contributed by atoms with Crippen molar-refractivity contribution in [1.82, 2.24) is 0 Å². The van der Waals surface area contributed by atoms with Crippen LogP contribution in [0.25, 0.3) is 11.1 Å². The average Bonchev–Trinajstić information content (AvgIpc) is 2.38. The minimum atomic E-state index is 0.597. The molecular formula is C18H20. The predicted molar refractivity (Wildman–Crippen MR) is 78.1 cm³/mol. The van der Waals surface area contributed by atoms with Crippen molar-refractivity contribution in [3.05, 3.63) is 59.2 Å². The van der Waals surface area contributed by atoms with Crippen LogP contribution in [0.3, 0.4) is 0 Å². The Kier molecular flexibility index (Phi) is 2.74. The van der Waals surface area contributed by atoms with Gasteiger partial charge in [0.25, 0.3) is 0 Å². The van der Waals surface area contributed by atoms with E-state index in [0.29, 0.717) is 11.8 Å². The standard InChI is InChI=1S/C18H20/c1-12(2)14-8-9-16-13(3)10-15-6-4-5-7-17(15)18(16)11-14/h4-9,11-13H,10H2,1-3H3. The quantitative estimate of drug-likeness (QED) is 0.643. The van der Waals surface area contributed by atoms with Crippen molar-refractivity contribution in [1.29, 1.82) is 0 Å². The maximum absolute atomic E-state index is 2.40. The summed E-state index contributed by atoms with van der Waals surface area (Å²) >= 11 is 0. The van der Waals surface area contributed by atoms with Crippen molar-refractivity contribution in [2.24, 2.45) is 0 Å². The SMILES string of the molecule is CC(C)c1ccc2c(c1)-c1ccccc1CC2C. The third-order valence-electron chi connectivity index (χ3n) is 4.11. The van der Waals surface area contributed by atoms with E-state index in [4.69, 9.17) is 0 Å². The molecule has 0 nitrogen and oxygen atoms in total. The molecule has 1 atom stereocenters. The number of benzene rings is 2. The summed E-state index contributed by atoms with van der Waals surface area (Å²) in [4.78, 5) is 0. The molecule has 0 fully saturated rings.